The van der Waals surface area contributed by atoms with E-state index >= 15 is 0 Å². The van der Waals surface area contributed by atoms with Crippen molar-refractivity contribution in [3.05, 3.63) is 29.1 Å². The third-order valence-electron chi connectivity index (χ3n) is 3.01. The highest BCUT2D eigenvalue weighted by molar-refractivity contribution is 5.95. The number of amides is 1. The van der Waals surface area contributed by atoms with Crippen LogP contribution in [0, 0.1) is 6.92 Å². The van der Waals surface area contributed by atoms with Gasteiger partial charge in [0.15, 0.2) is 0 Å². The summed E-state index contributed by atoms with van der Waals surface area (Å²) in [6, 6.07) is 1.97. The molecule has 1 N–H and O–H groups in total. The molecule has 4 nitrogen and oxygen atoms in total. The second-order valence-electron chi connectivity index (χ2n) is 4.90. The molecule has 124 valence electrons. The van der Waals surface area contributed by atoms with E-state index in [1.807, 2.05) is 0 Å². The zero-order chi connectivity index (χ0) is 16.6. The quantitative estimate of drug-likeness (QED) is 0.748. The van der Waals surface area contributed by atoms with Crippen LogP contribution in [0.25, 0.3) is 0 Å². The fourth-order valence-corrected chi connectivity index (χ4v) is 1.78. The lowest BCUT2D eigenvalue weighted by atomic mass is 10.1. The van der Waals surface area contributed by atoms with Crippen LogP contribution in [-0.2, 0) is 10.9 Å². The SMILES string of the molecule is CCCCOCCCNC(=O)c1ccc(C(F)(F)F)nc1C. The smallest absolute Gasteiger partial charge is 0.381 e. The van der Waals surface area contributed by atoms with E-state index in [0.29, 0.717) is 26.2 Å². The van der Waals surface area contributed by atoms with Crippen LogP contribution >= 0.6 is 0 Å². The predicted molar refractivity (Wildman–Crippen MR) is 76.7 cm³/mol. The number of pyridine rings is 1. The van der Waals surface area contributed by atoms with Crippen LogP contribution in [0.4, 0.5) is 13.2 Å². The van der Waals surface area contributed by atoms with Crippen LogP contribution in [-0.4, -0.2) is 30.6 Å². The molecule has 0 atom stereocenters. The average Bonchev–Trinajstić information content (AvgIpc) is 2.45. The molecular weight excluding hydrogens is 297 g/mol. The van der Waals surface area contributed by atoms with Crippen LogP contribution in [0.2, 0.25) is 0 Å². The Morgan fingerprint density at radius 2 is 1.95 bits per heavy atom. The van der Waals surface area contributed by atoms with Gasteiger partial charge in [-0.3, -0.25) is 4.79 Å². The van der Waals surface area contributed by atoms with Crippen LogP contribution < -0.4 is 5.32 Å². The lowest BCUT2D eigenvalue weighted by Crippen LogP contribution is -2.26. The van der Waals surface area contributed by atoms with Crippen molar-refractivity contribution >= 4 is 5.91 Å². The number of halogens is 3. The summed E-state index contributed by atoms with van der Waals surface area (Å²) in [5.74, 6) is -0.424. The molecule has 1 aromatic heterocycles. The molecule has 1 aromatic rings. The molecule has 0 aromatic carbocycles. The van der Waals surface area contributed by atoms with E-state index in [1.165, 1.54) is 6.92 Å². The first-order valence-corrected chi connectivity index (χ1v) is 7.27. The van der Waals surface area contributed by atoms with Crippen molar-refractivity contribution in [1.29, 1.82) is 0 Å². The Balaban J connectivity index is 2.43. The van der Waals surface area contributed by atoms with Gasteiger partial charge in [-0.2, -0.15) is 13.2 Å². The summed E-state index contributed by atoms with van der Waals surface area (Å²) in [4.78, 5) is 15.3. The molecule has 0 aliphatic carbocycles. The number of carbonyl (C=O) groups excluding carboxylic acids is 1. The maximum absolute atomic E-state index is 12.5. The summed E-state index contributed by atoms with van der Waals surface area (Å²) in [7, 11) is 0. The van der Waals surface area contributed by atoms with Gasteiger partial charge >= 0.3 is 6.18 Å². The number of nitrogens with one attached hydrogen (secondary N) is 1. The minimum absolute atomic E-state index is 0.0616. The van der Waals surface area contributed by atoms with Crippen LogP contribution in [0.3, 0.4) is 0 Å². The molecule has 1 rings (SSSR count). The second-order valence-corrected chi connectivity index (χ2v) is 4.90. The molecule has 7 heteroatoms. The van der Waals surface area contributed by atoms with E-state index in [4.69, 9.17) is 4.74 Å². The fourth-order valence-electron chi connectivity index (χ4n) is 1.78. The van der Waals surface area contributed by atoms with E-state index in [1.54, 1.807) is 0 Å². The van der Waals surface area contributed by atoms with Crippen molar-refractivity contribution in [3.8, 4) is 0 Å². The Morgan fingerprint density at radius 3 is 2.55 bits per heavy atom. The first-order chi connectivity index (χ1) is 10.4. The first-order valence-electron chi connectivity index (χ1n) is 7.27. The number of aromatic nitrogens is 1. The highest BCUT2D eigenvalue weighted by Crippen LogP contribution is 2.28. The first kappa shape index (κ1) is 18.4. The number of carbonyl (C=O) groups is 1. The largest absolute Gasteiger partial charge is 0.433 e. The fraction of sp³-hybridized carbons (Fsp3) is 0.600. The molecule has 0 saturated heterocycles. The molecule has 0 unspecified atom stereocenters. The number of hydrogen-bond donors (Lipinski definition) is 1. The monoisotopic (exact) mass is 318 g/mol. The van der Waals surface area contributed by atoms with Gasteiger partial charge in [0.2, 0.25) is 0 Å². The Morgan fingerprint density at radius 1 is 1.27 bits per heavy atom. The van der Waals surface area contributed by atoms with Gasteiger partial charge in [-0.15, -0.1) is 0 Å². The Labute approximate surface area is 128 Å². The molecule has 0 aliphatic heterocycles. The van der Waals surface area contributed by atoms with E-state index < -0.39 is 17.8 Å². The Bertz CT molecular complexity index is 490. The van der Waals surface area contributed by atoms with Gasteiger partial charge in [0.25, 0.3) is 5.91 Å². The second kappa shape index (κ2) is 8.73. The third-order valence-corrected chi connectivity index (χ3v) is 3.01. The van der Waals surface area contributed by atoms with Crippen molar-refractivity contribution in [1.82, 2.24) is 10.3 Å². The minimum atomic E-state index is -4.50. The normalized spacial score (nSPS) is 11.5. The predicted octanol–water partition coefficient (Wildman–Crippen LogP) is 3.35. The van der Waals surface area contributed by atoms with E-state index in [9.17, 15) is 18.0 Å². The summed E-state index contributed by atoms with van der Waals surface area (Å²) in [5, 5.41) is 2.65. The summed E-state index contributed by atoms with van der Waals surface area (Å²) in [6.07, 6.45) is -1.78. The van der Waals surface area contributed by atoms with Gasteiger partial charge in [0.1, 0.15) is 5.69 Å². The minimum Gasteiger partial charge on any atom is -0.381 e. The van der Waals surface area contributed by atoms with Crippen LogP contribution in [0.1, 0.15) is 47.9 Å². The highest BCUT2D eigenvalue weighted by Gasteiger charge is 2.32. The van der Waals surface area contributed by atoms with E-state index in [0.717, 1.165) is 25.0 Å². The number of alkyl halides is 3. The molecule has 0 spiro atoms. The number of unbranched alkanes of at least 4 members (excludes halogenated alkanes) is 1. The number of ether oxygens (including phenoxy) is 1. The number of hydrogen-bond acceptors (Lipinski definition) is 3. The average molecular weight is 318 g/mol. The summed E-state index contributed by atoms with van der Waals surface area (Å²) in [5.41, 5.74) is -0.780. The van der Waals surface area contributed by atoms with Crippen molar-refractivity contribution in [2.45, 2.75) is 39.3 Å². The standard InChI is InChI=1S/C15H21F3N2O2/c1-3-4-9-22-10-5-8-19-14(21)12-6-7-13(15(16,17)18)20-11(12)2/h6-7H,3-5,8-10H2,1-2H3,(H,19,21). The van der Waals surface area contributed by atoms with Crippen LogP contribution in [0.5, 0.6) is 0 Å². The molecule has 0 bridgehead atoms. The van der Waals surface area contributed by atoms with Gasteiger partial charge in [-0.25, -0.2) is 4.98 Å². The van der Waals surface area contributed by atoms with Crippen molar-refractivity contribution < 1.29 is 22.7 Å². The Kier molecular flexibility index (Phi) is 7.31. The summed E-state index contributed by atoms with van der Waals surface area (Å²) in [6.45, 7) is 5.12. The molecule has 0 aliphatic rings. The van der Waals surface area contributed by atoms with Crippen LogP contribution in [0.15, 0.2) is 12.1 Å². The zero-order valence-electron chi connectivity index (χ0n) is 12.8. The lowest BCUT2D eigenvalue weighted by Gasteiger charge is -2.10. The highest BCUT2D eigenvalue weighted by atomic mass is 19.4. The Hall–Kier alpha value is -1.63. The number of rotatable bonds is 8. The van der Waals surface area contributed by atoms with Crippen molar-refractivity contribution in [2.75, 3.05) is 19.8 Å². The van der Waals surface area contributed by atoms with E-state index in [2.05, 4.69) is 17.2 Å². The number of aryl methyl sites for hydroxylation is 1. The molecule has 1 heterocycles. The third kappa shape index (κ3) is 6.01. The molecule has 0 radical (unpaired) electrons. The number of nitrogens with zero attached hydrogens (tertiary/aromatic N) is 1. The summed E-state index contributed by atoms with van der Waals surface area (Å²) < 4.78 is 42.8. The molecule has 0 fully saturated rings. The maximum atomic E-state index is 12.5. The van der Waals surface area contributed by atoms with Gasteiger partial charge in [-0.1, -0.05) is 13.3 Å². The molecule has 22 heavy (non-hydrogen) atoms. The van der Waals surface area contributed by atoms with Gasteiger partial charge < -0.3 is 10.1 Å². The van der Waals surface area contributed by atoms with Gasteiger partial charge in [0, 0.05) is 19.8 Å². The van der Waals surface area contributed by atoms with Gasteiger partial charge in [-0.05, 0) is 31.9 Å². The topological polar surface area (TPSA) is 51.2 Å². The zero-order valence-corrected chi connectivity index (χ0v) is 12.8. The maximum Gasteiger partial charge on any atom is 0.433 e. The van der Waals surface area contributed by atoms with E-state index in [-0.39, 0.29) is 11.3 Å². The summed E-state index contributed by atoms with van der Waals surface area (Å²) >= 11 is 0. The molecule has 1 amide bonds. The lowest BCUT2D eigenvalue weighted by molar-refractivity contribution is -0.141. The van der Waals surface area contributed by atoms with Crippen molar-refractivity contribution in [2.24, 2.45) is 0 Å². The van der Waals surface area contributed by atoms with Gasteiger partial charge in [0.05, 0.1) is 11.3 Å². The molecular formula is C15H21F3N2O2. The molecule has 0 saturated carbocycles. The van der Waals surface area contributed by atoms with Crippen molar-refractivity contribution in [3.63, 3.8) is 0 Å².